The lowest BCUT2D eigenvalue weighted by Crippen LogP contribution is -2.19. The first-order valence-electron chi connectivity index (χ1n) is 6.73. The van der Waals surface area contributed by atoms with Gasteiger partial charge in [0.1, 0.15) is 11.3 Å². The fourth-order valence-electron chi connectivity index (χ4n) is 2.10. The van der Waals surface area contributed by atoms with E-state index >= 15 is 0 Å². The van der Waals surface area contributed by atoms with Gasteiger partial charge in [0, 0.05) is 6.07 Å². The molecule has 0 fully saturated rings. The largest absolute Gasteiger partial charge is 0.496 e. The number of carbonyl (C=O) groups is 2. The Kier molecular flexibility index (Phi) is 5.22. The number of ether oxygens (including phenoxy) is 1. The normalized spacial score (nSPS) is 11.1. The van der Waals surface area contributed by atoms with Crippen LogP contribution in [0, 0.1) is 0 Å². The molecule has 0 heterocycles. The molecule has 0 saturated heterocycles. The molecule has 25 heavy (non-hydrogen) atoms. The molecule has 0 aromatic heterocycles. The highest BCUT2D eigenvalue weighted by Crippen LogP contribution is 2.34. The second kappa shape index (κ2) is 7.02. The first-order valence-corrected chi connectivity index (χ1v) is 7.11. The molecular weight excluding hydrogens is 363 g/mol. The summed E-state index contributed by atoms with van der Waals surface area (Å²) < 4.78 is 43.9. The molecule has 9 heteroatoms. The van der Waals surface area contributed by atoms with Gasteiger partial charge in [-0.1, -0.05) is 23.7 Å². The molecule has 0 spiro atoms. The van der Waals surface area contributed by atoms with E-state index in [9.17, 15) is 22.8 Å². The van der Waals surface area contributed by atoms with Gasteiger partial charge in [-0.15, -0.1) is 0 Å². The Hall–Kier alpha value is -2.74. The number of nitrogens with one attached hydrogen (secondary N) is 1. The molecule has 0 atom stereocenters. The van der Waals surface area contributed by atoms with E-state index < -0.39 is 29.2 Å². The Morgan fingerprint density at radius 1 is 1.16 bits per heavy atom. The van der Waals surface area contributed by atoms with E-state index in [0.717, 1.165) is 30.3 Å². The lowest BCUT2D eigenvalue weighted by atomic mass is 10.1. The second-order valence-electron chi connectivity index (χ2n) is 4.83. The summed E-state index contributed by atoms with van der Waals surface area (Å²) >= 11 is 5.91. The van der Waals surface area contributed by atoms with E-state index in [-0.39, 0.29) is 22.0 Å². The Morgan fingerprint density at radius 2 is 1.80 bits per heavy atom. The number of carboxylic acids is 1. The summed E-state index contributed by atoms with van der Waals surface area (Å²) in [5, 5.41) is 11.1. The minimum atomic E-state index is -4.71. The number of aromatic carboxylic acids is 1. The second-order valence-corrected chi connectivity index (χ2v) is 5.24. The fraction of sp³-hybridized carbons (Fsp3) is 0.125. The van der Waals surface area contributed by atoms with Crippen LogP contribution in [0.4, 0.5) is 18.9 Å². The van der Waals surface area contributed by atoms with Gasteiger partial charge in [0.05, 0.1) is 28.9 Å². The number of carbonyl (C=O) groups excluding carboxylic acids is 1. The zero-order chi connectivity index (χ0) is 18.8. The van der Waals surface area contributed by atoms with Crippen LogP contribution in [0.15, 0.2) is 36.4 Å². The van der Waals surface area contributed by atoms with Gasteiger partial charge >= 0.3 is 12.1 Å². The number of halogens is 4. The van der Waals surface area contributed by atoms with Gasteiger partial charge in [-0.2, -0.15) is 13.2 Å². The van der Waals surface area contributed by atoms with Crippen molar-refractivity contribution in [1.29, 1.82) is 0 Å². The first kappa shape index (κ1) is 18.6. The van der Waals surface area contributed by atoms with E-state index in [2.05, 4.69) is 5.32 Å². The van der Waals surface area contributed by atoms with Crippen molar-refractivity contribution >= 4 is 29.2 Å². The molecule has 1 amide bonds. The van der Waals surface area contributed by atoms with E-state index in [4.69, 9.17) is 21.4 Å². The first-order chi connectivity index (χ1) is 11.6. The summed E-state index contributed by atoms with van der Waals surface area (Å²) in [6.45, 7) is 0. The van der Waals surface area contributed by atoms with Crippen molar-refractivity contribution in [3.63, 3.8) is 0 Å². The van der Waals surface area contributed by atoms with Crippen LogP contribution in [0.3, 0.4) is 0 Å². The number of amides is 1. The Labute approximate surface area is 145 Å². The molecule has 0 aliphatic rings. The van der Waals surface area contributed by atoms with Gasteiger partial charge in [0.15, 0.2) is 0 Å². The van der Waals surface area contributed by atoms with Crippen LogP contribution in [-0.4, -0.2) is 24.1 Å². The number of hydrogen-bond acceptors (Lipinski definition) is 3. The smallest absolute Gasteiger partial charge is 0.417 e. The van der Waals surface area contributed by atoms with Crippen LogP contribution in [0.5, 0.6) is 5.75 Å². The monoisotopic (exact) mass is 373 g/mol. The summed E-state index contributed by atoms with van der Waals surface area (Å²) in [7, 11) is 1.21. The number of benzene rings is 2. The van der Waals surface area contributed by atoms with Crippen molar-refractivity contribution < 1.29 is 32.6 Å². The molecule has 0 aliphatic heterocycles. The van der Waals surface area contributed by atoms with E-state index in [1.165, 1.54) is 13.2 Å². The maximum Gasteiger partial charge on any atom is 0.417 e. The standard InChI is InChI=1S/C16H11ClF3NO4/c1-25-13-7-12(11(17)6-9(13)15(23)24)21-14(22)8-4-2-3-5-10(8)16(18,19)20/h2-7H,1H3,(H,21,22)(H,23,24). The fourth-order valence-corrected chi connectivity index (χ4v) is 2.31. The molecule has 0 bridgehead atoms. The summed E-state index contributed by atoms with van der Waals surface area (Å²) in [5.74, 6) is -2.45. The van der Waals surface area contributed by atoms with Crippen LogP contribution < -0.4 is 10.1 Å². The highest BCUT2D eigenvalue weighted by molar-refractivity contribution is 6.34. The SMILES string of the molecule is COc1cc(NC(=O)c2ccccc2C(F)(F)F)c(Cl)cc1C(=O)O. The molecule has 2 aromatic carbocycles. The van der Waals surface area contributed by atoms with Gasteiger partial charge in [0.2, 0.25) is 0 Å². The third kappa shape index (κ3) is 4.03. The van der Waals surface area contributed by atoms with Gasteiger partial charge in [-0.05, 0) is 18.2 Å². The summed E-state index contributed by atoms with van der Waals surface area (Å²) in [5.41, 5.74) is -2.02. The van der Waals surface area contributed by atoms with Crippen molar-refractivity contribution in [2.75, 3.05) is 12.4 Å². The van der Waals surface area contributed by atoms with Crippen LogP contribution >= 0.6 is 11.6 Å². The third-order valence-corrected chi connectivity index (χ3v) is 3.56. The number of hydrogen-bond donors (Lipinski definition) is 2. The zero-order valence-corrected chi connectivity index (χ0v) is 13.4. The van der Waals surface area contributed by atoms with Gasteiger partial charge < -0.3 is 15.2 Å². The Bertz CT molecular complexity index is 837. The molecule has 0 saturated carbocycles. The average Bonchev–Trinajstić information content (AvgIpc) is 2.55. The summed E-state index contributed by atoms with van der Waals surface area (Å²) in [6.07, 6.45) is -4.71. The van der Waals surface area contributed by atoms with Gasteiger partial charge in [-0.25, -0.2) is 4.79 Å². The van der Waals surface area contributed by atoms with Gasteiger partial charge in [0.25, 0.3) is 5.91 Å². The molecular formula is C16H11ClF3NO4. The average molecular weight is 374 g/mol. The zero-order valence-electron chi connectivity index (χ0n) is 12.6. The molecule has 0 radical (unpaired) electrons. The Balaban J connectivity index is 2.41. The summed E-state index contributed by atoms with van der Waals surface area (Å²) in [4.78, 5) is 23.3. The van der Waals surface area contributed by atoms with Crippen molar-refractivity contribution in [1.82, 2.24) is 0 Å². The highest BCUT2D eigenvalue weighted by atomic mass is 35.5. The maximum atomic E-state index is 13.0. The van der Waals surface area contributed by atoms with E-state index in [0.29, 0.717) is 0 Å². The van der Waals surface area contributed by atoms with Crippen LogP contribution in [0.1, 0.15) is 26.3 Å². The quantitative estimate of drug-likeness (QED) is 0.837. The molecule has 0 aliphatic carbocycles. The molecule has 2 aromatic rings. The topological polar surface area (TPSA) is 75.6 Å². The minimum absolute atomic E-state index is 0.0782. The highest BCUT2D eigenvalue weighted by Gasteiger charge is 2.35. The third-order valence-electron chi connectivity index (χ3n) is 3.24. The van der Waals surface area contributed by atoms with E-state index in [1.807, 2.05) is 0 Å². The minimum Gasteiger partial charge on any atom is -0.496 e. The van der Waals surface area contributed by atoms with Crippen LogP contribution in [0.25, 0.3) is 0 Å². The predicted octanol–water partition coefficient (Wildman–Crippen LogP) is 4.32. The molecule has 5 nitrogen and oxygen atoms in total. The van der Waals surface area contributed by atoms with Crippen molar-refractivity contribution in [2.24, 2.45) is 0 Å². The molecule has 0 unspecified atom stereocenters. The lowest BCUT2D eigenvalue weighted by molar-refractivity contribution is -0.137. The van der Waals surface area contributed by atoms with Crippen LogP contribution in [-0.2, 0) is 6.18 Å². The number of carboxylic acid groups (broad SMARTS) is 1. The van der Waals surface area contributed by atoms with Crippen molar-refractivity contribution in [3.8, 4) is 5.75 Å². The van der Waals surface area contributed by atoms with Crippen LogP contribution in [0.2, 0.25) is 5.02 Å². The Morgan fingerprint density at radius 3 is 2.36 bits per heavy atom. The predicted molar refractivity (Wildman–Crippen MR) is 84.4 cm³/mol. The maximum absolute atomic E-state index is 13.0. The van der Waals surface area contributed by atoms with Crippen molar-refractivity contribution in [2.45, 2.75) is 6.18 Å². The van der Waals surface area contributed by atoms with Crippen molar-refractivity contribution in [3.05, 3.63) is 58.1 Å². The van der Waals surface area contributed by atoms with Gasteiger partial charge in [-0.3, -0.25) is 4.79 Å². The molecule has 132 valence electrons. The lowest BCUT2D eigenvalue weighted by Gasteiger charge is -2.14. The number of methoxy groups -OCH3 is 1. The number of rotatable bonds is 4. The van der Waals surface area contributed by atoms with E-state index in [1.54, 1.807) is 0 Å². The number of anilines is 1. The molecule has 2 N–H and O–H groups in total. The molecule has 2 rings (SSSR count). The number of alkyl halides is 3. The summed E-state index contributed by atoms with van der Waals surface area (Å²) in [6, 6.07) is 6.42.